The maximum absolute atomic E-state index is 9.73. The lowest BCUT2D eigenvalue weighted by Gasteiger charge is -2.18. The van der Waals surface area contributed by atoms with Crippen LogP contribution in [0.15, 0.2) is 84.5 Å². The van der Waals surface area contributed by atoms with Gasteiger partial charge in [0, 0.05) is 0 Å². The predicted octanol–water partition coefficient (Wildman–Crippen LogP) is 9.27. The monoisotopic (exact) mass is 454 g/mol. The Labute approximate surface area is 206 Å². The third kappa shape index (κ3) is 7.18. The van der Waals surface area contributed by atoms with E-state index in [1.807, 2.05) is 0 Å². The number of rotatable bonds is 7. The summed E-state index contributed by atoms with van der Waals surface area (Å²) in [7, 11) is 0. The van der Waals surface area contributed by atoms with Crippen molar-refractivity contribution in [1.29, 1.82) is 0 Å². The van der Waals surface area contributed by atoms with Crippen LogP contribution in [0.1, 0.15) is 77.3 Å². The van der Waals surface area contributed by atoms with Crippen molar-refractivity contribution in [2.75, 3.05) is 0 Å². The van der Waals surface area contributed by atoms with Gasteiger partial charge in [0.25, 0.3) is 0 Å². The molecule has 0 fully saturated rings. The third-order valence-corrected chi connectivity index (χ3v) is 6.93. The Morgan fingerprint density at radius 1 is 0.882 bits per heavy atom. The summed E-state index contributed by atoms with van der Waals surface area (Å²) >= 11 is 0. The molecule has 3 aromatic rings. The molecule has 1 aliphatic carbocycles. The van der Waals surface area contributed by atoms with Crippen LogP contribution in [0, 0.1) is 0 Å². The van der Waals surface area contributed by atoms with E-state index < -0.39 is 5.60 Å². The van der Waals surface area contributed by atoms with Crippen LogP contribution in [-0.4, -0.2) is 10.7 Å². The van der Waals surface area contributed by atoms with Crippen LogP contribution in [0.4, 0.5) is 0 Å². The lowest BCUT2D eigenvalue weighted by Crippen LogP contribution is -2.19. The molecule has 0 aliphatic heterocycles. The molecule has 0 saturated carbocycles. The molecule has 1 nitrogen and oxygen atoms in total. The van der Waals surface area contributed by atoms with Gasteiger partial charge in [0.05, 0.1) is 5.60 Å². The van der Waals surface area contributed by atoms with E-state index in [9.17, 15) is 5.11 Å². The Balaban J connectivity index is 0.000000193. The fraction of sp³-hybridized carbons (Fsp3) is 0.394. The van der Waals surface area contributed by atoms with E-state index in [1.54, 1.807) is 24.1 Å². The largest absolute Gasteiger partial charge is 0.386 e. The van der Waals surface area contributed by atoms with Crippen molar-refractivity contribution < 1.29 is 5.11 Å². The van der Waals surface area contributed by atoms with Gasteiger partial charge in [0.2, 0.25) is 0 Å². The van der Waals surface area contributed by atoms with Crippen molar-refractivity contribution in [2.45, 2.75) is 84.7 Å². The summed E-state index contributed by atoms with van der Waals surface area (Å²) in [4.78, 5) is 0. The molecule has 1 unspecified atom stereocenters. The van der Waals surface area contributed by atoms with Crippen molar-refractivity contribution in [1.82, 2.24) is 0 Å². The molecule has 1 aliphatic rings. The number of fused-ring (bicyclic) bond motifs is 5. The summed E-state index contributed by atoms with van der Waals surface area (Å²) in [5, 5.41) is 15.4. The number of aliphatic hydroxyl groups is 1. The van der Waals surface area contributed by atoms with Gasteiger partial charge in [-0.3, -0.25) is 0 Å². The van der Waals surface area contributed by atoms with Gasteiger partial charge in [0.15, 0.2) is 0 Å². The predicted molar refractivity (Wildman–Crippen MR) is 151 cm³/mol. The molecule has 0 amide bonds. The first-order chi connectivity index (χ1) is 16.3. The molecule has 1 N–H and O–H groups in total. The highest BCUT2D eigenvalue weighted by Crippen LogP contribution is 2.33. The van der Waals surface area contributed by atoms with Crippen LogP contribution >= 0.6 is 0 Å². The van der Waals surface area contributed by atoms with Gasteiger partial charge in [0.1, 0.15) is 0 Å². The highest BCUT2D eigenvalue weighted by Gasteiger charge is 2.14. The first-order valence-corrected chi connectivity index (χ1v) is 12.9. The SMILES string of the molecule is C=CC(C)(O)CCC=C(C)CCC=C(C)C.c1ccc2c(c1)ccc1c3c(ccc12)CCCC3. The van der Waals surface area contributed by atoms with E-state index in [1.165, 1.54) is 58.4 Å². The van der Waals surface area contributed by atoms with Crippen LogP contribution in [0.2, 0.25) is 0 Å². The summed E-state index contributed by atoms with van der Waals surface area (Å²) in [5.74, 6) is 0. The van der Waals surface area contributed by atoms with Gasteiger partial charge in [-0.2, -0.15) is 0 Å². The molecule has 0 aromatic heterocycles. The molecule has 0 heterocycles. The Morgan fingerprint density at radius 3 is 2.38 bits per heavy atom. The average Bonchev–Trinajstić information content (AvgIpc) is 2.83. The molecular weight excluding hydrogens is 412 g/mol. The second-order valence-electron chi connectivity index (χ2n) is 10.3. The quantitative estimate of drug-likeness (QED) is 0.278. The second-order valence-corrected chi connectivity index (χ2v) is 10.3. The minimum Gasteiger partial charge on any atom is -0.386 e. The Hall–Kier alpha value is -2.64. The van der Waals surface area contributed by atoms with Gasteiger partial charge in [-0.25, -0.2) is 0 Å². The van der Waals surface area contributed by atoms with Gasteiger partial charge < -0.3 is 5.11 Å². The highest BCUT2D eigenvalue weighted by molar-refractivity contribution is 6.08. The van der Waals surface area contributed by atoms with Crippen molar-refractivity contribution in [3.05, 3.63) is 95.6 Å². The molecule has 0 bridgehead atoms. The first kappa shape index (κ1) is 26.0. The summed E-state index contributed by atoms with van der Waals surface area (Å²) < 4.78 is 0. The molecule has 0 spiro atoms. The number of aryl methyl sites for hydroxylation is 2. The number of hydrogen-bond acceptors (Lipinski definition) is 1. The number of allylic oxidation sites excluding steroid dienone is 4. The molecule has 180 valence electrons. The molecule has 0 saturated heterocycles. The van der Waals surface area contributed by atoms with E-state index >= 15 is 0 Å². The van der Waals surface area contributed by atoms with Crippen LogP contribution in [0.25, 0.3) is 21.5 Å². The minimum absolute atomic E-state index is 0.726. The lowest BCUT2D eigenvalue weighted by atomic mass is 9.86. The van der Waals surface area contributed by atoms with Crippen LogP contribution < -0.4 is 0 Å². The van der Waals surface area contributed by atoms with Crippen molar-refractivity contribution in [3.63, 3.8) is 0 Å². The van der Waals surface area contributed by atoms with Crippen LogP contribution in [0.3, 0.4) is 0 Å². The molecule has 4 rings (SSSR count). The molecule has 1 heteroatoms. The van der Waals surface area contributed by atoms with Crippen molar-refractivity contribution in [3.8, 4) is 0 Å². The van der Waals surface area contributed by atoms with Gasteiger partial charge >= 0.3 is 0 Å². The average molecular weight is 455 g/mol. The highest BCUT2D eigenvalue weighted by atomic mass is 16.3. The Morgan fingerprint density at radius 2 is 1.62 bits per heavy atom. The van der Waals surface area contributed by atoms with Crippen molar-refractivity contribution in [2.24, 2.45) is 0 Å². The van der Waals surface area contributed by atoms with E-state index in [0.29, 0.717) is 0 Å². The smallest absolute Gasteiger partial charge is 0.0800 e. The zero-order valence-corrected chi connectivity index (χ0v) is 21.7. The number of benzene rings is 3. The molecule has 0 radical (unpaired) electrons. The Kier molecular flexibility index (Phi) is 9.30. The van der Waals surface area contributed by atoms with Gasteiger partial charge in [-0.1, -0.05) is 77.9 Å². The summed E-state index contributed by atoms with van der Waals surface area (Å²) in [6.45, 7) is 11.8. The first-order valence-electron chi connectivity index (χ1n) is 12.9. The zero-order valence-electron chi connectivity index (χ0n) is 21.7. The van der Waals surface area contributed by atoms with Crippen LogP contribution in [0.5, 0.6) is 0 Å². The number of hydrogen-bond donors (Lipinski definition) is 1. The summed E-state index contributed by atoms with van der Waals surface area (Å²) in [5.41, 5.74) is 5.23. The third-order valence-electron chi connectivity index (χ3n) is 6.93. The van der Waals surface area contributed by atoms with E-state index in [4.69, 9.17) is 0 Å². The molecule has 1 atom stereocenters. The second kappa shape index (κ2) is 12.2. The fourth-order valence-corrected chi connectivity index (χ4v) is 4.75. The maximum Gasteiger partial charge on any atom is 0.0800 e. The zero-order chi connectivity index (χ0) is 24.6. The minimum atomic E-state index is -0.726. The Bertz CT molecular complexity index is 1170. The van der Waals surface area contributed by atoms with E-state index in [-0.39, 0.29) is 0 Å². The normalized spacial score (nSPS) is 15.1. The summed E-state index contributed by atoms with van der Waals surface area (Å²) in [6.07, 6.45) is 15.2. The topological polar surface area (TPSA) is 20.2 Å². The fourth-order valence-electron chi connectivity index (χ4n) is 4.75. The lowest BCUT2D eigenvalue weighted by molar-refractivity contribution is 0.103. The maximum atomic E-state index is 9.73. The van der Waals surface area contributed by atoms with E-state index in [0.717, 1.165) is 25.7 Å². The molecule has 34 heavy (non-hydrogen) atoms. The molecular formula is C33H42O. The molecule has 3 aromatic carbocycles. The van der Waals surface area contributed by atoms with Crippen LogP contribution in [-0.2, 0) is 12.8 Å². The standard InChI is InChI=1S/C18H16.C15H26O/c1-3-7-15-13(5-1)9-11-18-16-8-4-2-6-14(16)10-12-17(15)18;1-6-15(5,16)12-8-11-14(4)10-7-9-13(2)3/h1,3,5,7,9-12H,2,4,6,8H2;6,9,11,16H,1,7-8,10,12H2,2-5H3. The summed E-state index contributed by atoms with van der Waals surface area (Å²) in [6, 6.07) is 18.0. The van der Waals surface area contributed by atoms with Gasteiger partial charge in [-0.15, -0.1) is 6.58 Å². The van der Waals surface area contributed by atoms with Gasteiger partial charge in [-0.05, 0) is 112 Å². The van der Waals surface area contributed by atoms with E-state index in [2.05, 4.69) is 88.0 Å². The van der Waals surface area contributed by atoms with Crippen molar-refractivity contribution >= 4 is 21.5 Å².